The highest BCUT2D eigenvalue weighted by Crippen LogP contribution is 2.22. The van der Waals surface area contributed by atoms with Crippen LogP contribution < -0.4 is 15.2 Å². The number of anilines is 1. The average Bonchev–Trinajstić information content (AvgIpc) is 2.39. The molecule has 0 aromatic heterocycles. The predicted octanol–water partition coefficient (Wildman–Crippen LogP) is 3.69. The molecule has 2 aromatic carbocycles. The Labute approximate surface area is 117 Å². The summed E-state index contributed by atoms with van der Waals surface area (Å²) in [4.78, 5) is 0. The van der Waals surface area contributed by atoms with Crippen LogP contribution in [0.25, 0.3) is 0 Å². The van der Waals surface area contributed by atoms with E-state index >= 15 is 0 Å². The highest BCUT2D eigenvalue weighted by Gasteiger charge is 2.00. The number of halogens is 1. The minimum atomic E-state index is 0.440. The Balaban J connectivity index is 1.79. The largest absolute Gasteiger partial charge is 0.490 e. The van der Waals surface area contributed by atoms with Gasteiger partial charge >= 0.3 is 0 Å². The van der Waals surface area contributed by atoms with Crippen molar-refractivity contribution < 1.29 is 9.47 Å². The number of hydrogen-bond acceptors (Lipinski definition) is 3. The lowest BCUT2D eigenvalue weighted by Gasteiger charge is -2.10. The first kappa shape index (κ1) is 13.6. The van der Waals surface area contributed by atoms with Gasteiger partial charge in [-0.2, -0.15) is 0 Å². The molecule has 0 aliphatic carbocycles. The van der Waals surface area contributed by atoms with Crippen molar-refractivity contribution in [1.82, 2.24) is 0 Å². The van der Waals surface area contributed by atoms with E-state index < -0.39 is 0 Å². The Hall–Kier alpha value is -1.87. The average molecular weight is 278 g/mol. The zero-order valence-electron chi connectivity index (χ0n) is 10.7. The summed E-state index contributed by atoms with van der Waals surface area (Å²) < 4.78 is 11.1. The number of nitrogen functional groups attached to an aromatic ring is 1. The molecule has 2 aromatic rings. The maximum Gasteiger partial charge on any atom is 0.142 e. The Morgan fingerprint density at radius 2 is 1.68 bits per heavy atom. The van der Waals surface area contributed by atoms with E-state index in [9.17, 15) is 0 Å². The SMILES string of the molecule is Cc1ccc(OCCOc2ccc(Cl)cc2)c(N)c1. The number of aryl methyl sites for hydroxylation is 1. The van der Waals surface area contributed by atoms with Gasteiger partial charge in [-0.15, -0.1) is 0 Å². The summed E-state index contributed by atoms with van der Waals surface area (Å²) in [6.07, 6.45) is 0. The molecule has 0 heterocycles. The van der Waals surface area contributed by atoms with Gasteiger partial charge in [-0.1, -0.05) is 17.7 Å². The minimum Gasteiger partial charge on any atom is -0.490 e. The van der Waals surface area contributed by atoms with Gasteiger partial charge in [-0.05, 0) is 48.9 Å². The fourth-order valence-electron chi connectivity index (χ4n) is 1.64. The van der Waals surface area contributed by atoms with Crippen molar-refractivity contribution in [1.29, 1.82) is 0 Å². The molecule has 0 bridgehead atoms. The lowest BCUT2D eigenvalue weighted by atomic mass is 10.2. The van der Waals surface area contributed by atoms with Gasteiger partial charge in [0, 0.05) is 5.02 Å². The summed E-state index contributed by atoms with van der Waals surface area (Å²) in [5.41, 5.74) is 7.61. The van der Waals surface area contributed by atoms with E-state index in [0.29, 0.717) is 29.7 Å². The second-order valence-electron chi connectivity index (χ2n) is 4.19. The molecule has 0 amide bonds. The molecule has 0 aliphatic rings. The van der Waals surface area contributed by atoms with Gasteiger partial charge in [-0.25, -0.2) is 0 Å². The third-order valence-corrected chi connectivity index (χ3v) is 2.84. The van der Waals surface area contributed by atoms with Crippen molar-refractivity contribution in [2.45, 2.75) is 6.92 Å². The van der Waals surface area contributed by atoms with Crippen LogP contribution in [0.15, 0.2) is 42.5 Å². The van der Waals surface area contributed by atoms with E-state index in [0.717, 1.165) is 11.3 Å². The molecule has 0 saturated carbocycles. The van der Waals surface area contributed by atoms with Crippen LogP contribution in [-0.2, 0) is 0 Å². The second kappa shape index (κ2) is 6.34. The van der Waals surface area contributed by atoms with E-state index in [4.69, 9.17) is 26.8 Å². The maximum atomic E-state index is 5.85. The molecule has 2 N–H and O–H groups in total. The van der Waals surface area contributed by atoms with Gasteiger partial charge in [0.05, 0.1) is 5.69 Å². The van der Waals surface area contributed by atoms with Crippen LogP contribution in [0, 0.1) is 6.92 Å². The Kier molecular flexibility index (Phi) is 4.53. The molecule has 0 radical (unpaired) electrons. The summed E-state index contributed by atoms with van der Waals surface area (Å²) in [6, 6.07) is 12.9. The topological polar surface area (TPSA) is 44.5 Å². The van der Waals surface area contributed by atoms with Gasteiger partial charge < -0.3 is 15.2 Å². The number of ether oxygens (including phenoxy) is 2. The smallest absolute Gasteiger partial charge is 0.142 e. The van der Waals surface area contributed by atoms with Crippen molar-refractivity contribution in [2.24, 2.45) is 0 Å². The Morgan fingerprint density at radius 1 is 1.00 bits per heavy atom. The van der Waals surface area contributed by atoms with Crippen molar-refractivity contribution in [2.75, 3.05) is 18.9 Å². The predicted molar refractivity (Wildman–Crippen MR) is 78.0 cm³/mol. The number of rotatable bonds is 5. The monoisotopic (exact) mass is 277 g/mol. The van der Waals surface area contributed by atoms with E-state index in [1.165, 1.54) is 0 Å². The van der Waals surface area contributed by atoms with Crippen LogP contribution in [0.5, 0.6) is 11.5 Å². The third kappa shape index (κ3) is 4.07. The highest BCUT2D eigenvalue weighted by atomic mass is 35.5. The van der Waals surface area contributed by atoms with E-state index in [1.807, 2.05) is 37.3 Å². The van der Waals surface area contributed by atoms with Crippen LogP contribution in [0.4, 0.5) is 5.69 Å². The molecule has 0 spiro atoms. The quantitative estimate of drug-likeness (QED) is 0.670. The fourth-order valence-corrected chi connectivity index (χ4v) is 1.77. The summed E-state index contributed by atoms with van der Waals surface area (Å²) >= 11 is 5.79. The molecule has 0 saturated heterocycles. The first-order valence-corrected chi connectivity index (χ1v) is 6.40. The van der Waals surface area contributed by atoms with Crippen molar-refractivity contribution in [3.8, 4) is 11.5 Å². The molecule has 0 aliphatic heterocycles. The van der Waals surface area contributed by atoms with Crippen LogP contribution in [-0.4, -0.2) is 13.2 Å². The van der Waals surface area contributed by atoms with Gasteiger partial charge in [0.15, 0.2) is 0 Å². The molecular formula is C15H16ClNO2. The van der Waals surface area contributed by atoms with Gasteiger partial charge in [0.25, 0.3) is 0 Å². The van der Waals surface area contributed by atoms with Crippen LogP contribution in [0.1, 0.15) is 5.56 Å². The first-order valence-electron chi connectivity index (χ1n) is 6.02. The molecule has 100 valence electrons. The Morgan fingerprint density at radius 3 is 2.37 bits per heavy atom. The molecule has 19 heavy (non-hydrogen) atoms. The lowest BCUT2D eigenvalue weighted by molar-refractivity contribution is 0.218. The van der Waals surface area contributed by atoms with Crippen molar-refractivity contribution in [3.63, 3.8) is 0 Å². The van der Waals surface area contributed by atoms with Crippen molar-refractivity contribution in [3.05, 3.63) is 53.1 Å². The summed E-state index contributed by atoms with van der Waals surface area (Å²) in [7, 11) is 0. The van der Waals surface area contributed by atoms with E-state index in [2.05, 4.69) is 0 Å². The summed E-state index contributed by atoms with van der Waals surface area (Å²) in [5.74, 6) is 1.45. The fraction of sp³-hybridized carbons (Fsp3) is 0.200. The first-order chi connectivity index (χ1) is 9.15. The molecule has 0 atom stereocenters. The van der Waals surface area contributed by atoms with Gasteiger partial charge in [0.2, 0.25) is 0 Å². The van der Waals surface area contributed by atoms with Gasteiger partial charge in [0.1, 0.15) is 24.7 Å². The molecule has 2 rings (SSSR count). The lowest BCUT2D eigenvalue weighted by Crippen LogP contribution is -2.09. The van der Waals surface area contributed by atoms with Crippen molar-refractivity contribution >= 4 is 17.3 Å². The zero-order chi connectivity index (χ0) is 13.7. The van der Waals surface area contributed by atoms with E-state index in [1.54, 1.807) is 12.1 Å². The summed E-state index contributed by atoms with van der Waals surface area (Å²) in [5, 5.41) is 0.691. The zero-order valence-corrected chi connectivity index (χ0v) is 11.5. The Bertz CT molecular complexity index is 540. The normalized spacial score (nSPS) is 10.2. The number of nitrogens with two attached hydrogens (primary N) is 1. The summed E-state index contributed by atoms with van der Waals surface area (Å²) in [6.45, 7) is 2.88. The van der Waals surface area contributed by atoms with Gasteiger partial charge in [-0.3, -0.25) is 0 Å². The molecular weight excluding hydrogens is 262 g/mol. The minimum absolute atomic E-state index is 0.440. The number of benzene rings is 2. The number of hydrogen-bond donors (Lipinski definition) is 1. The molecule has 3 nitrogen and oxygen atoms in total. The second-order valence-corrected chi connectivity index (χ2v) is 4.63. The standard InChI is InChI=1S/C15H16ClNO2/c1-11-2-7-15(14(17)10-11)19-9-8-18-13-5-3-12(16)4-6-13/h2-7,10H,8-9,17H2,1H3. The molecule has 0 unspecified atom stereocenters. The molecule has 0 fully saturated rings. The van der Waals surface area contributed by atoms with Crippen LogP contribution in [0.3, 0.4) is 0 Å². The van der Waals surface area contributed by atoms with E-state index in [-0.39, 0.29) is 0 Å². The van der Waals surface area contributed by atoms with Crippen LogP contribution >= 0.6 is 11.6 Å². The maximum absolute atomic E-state index is 5.85. The van der Waals surface area contributed by atoms with Crippen LogP contribution in [0.2, 0.25) is 5.02 Å². The highest BCUT2D eigenvalue weighted by molar-refractivity contribution is 6.30. The third-order valence-electron chi connectivity index (χ3n) is 2.59. The molecule has 4 heteroatoms.